The number of oxime groups is 1. The summed E-state index contributed by atoms with van der Waals surface area (Å²) < 4.78 is 0. The zero-order chi connectivity index (χ0) is 8.81. The molecule has 0 aromatic rings. The first-order chi connectivity index (χ1) is 5.83. The molecule has 1 aliphatic rings. The molecule has 0 fully saturated rings. The third-order valence-corrected chi connectivity index (χ3v) is 1.97. The standard InChI is InChI=1S/C8H15N3O/c9-8(11-12)6-10-7-4-2-1-3-5-7/h1-2,7,10,12H,3-6H2,(H2,9,11). The van der Waals surface area contributed by atoms with Crippen LogP contribution in [0.1, 0.15) is 19.3 Å². The molecule has 4 nitrogen and oxygen atoms in total. The van der Waals surface area contributed by atoms with Gasteiger partial charge >= 0.3 is 0 Å². The summed E-state index contributed by atoms with van der Waals surface area (Å²) in [5, 5.41) is 14.4. The van der Waals surface area contributed by atoms with E-state index in [1.807, 2.05) is 0 Å². The molecule has 4 heteroatoms. The van der Waals surface area contributed by atoms with E-state index in [2.05, 4.69) is 22.6 Å². The first-order valence-corrected chi connectivity index (χ1v) is 4.17. The fourth-order valence-corrected chi connectivity index (χ4v) is 1.26. The Bertz CT molecular complexity index is 189. The van der Waals surface area contributed by atoms with E-state index in [1.54, 1.807) is 0 Å². The molecule has 0 saturated carbocycles. The van der Waals surface area contributed by atoms with Crippen LogP contribution in [-0.4, -0.2) is 23.6 Å². The van der Waals surface area contributed by atoms with E-state index in [1.165, 1.54) is 0 Å². The highest BCUT2D eigenvalue weighted by Gasteiger charge is 2.08. The predicted molar refractivity (Wildman–Crippen MR) is 48.2 cm³/mol. The van der Waals surface area contributed by atoms with Crippen LogP contribution in [-0.2, 0) is 0 Å². The maximum Gasteiger partial charge on any atom is 0.153 e. The van der Waals surface area contributed by atoms with Crippen LogP contribution >= 0.6 is 0 Å². The zero-order valence-corrected chi connectivity index (χ0v) is 7.03. The molecule has 1 atom stereocenters. The van der Waals surface area contributed by atoms with Crippen LogP contribution in [0.3, 0.4) is 0 Å². The number of allylic oxidation sites excluding steroid dienone is 1. The van der Waals surface area contributed by atoms with Gasteiger partial charge in [-0.25, -0.2) is 0 Å². The van der Waals surface area contributed by atoms with Gasteiger partial charge in [0.25, 0.3) is 0 Å². The summed E-state index contributed by atoms with van der Waals surface area (Å²) in [5.74, 6) is 0.240. The maximum absolute atomic E-state index is 8.27. The van der Waals surface area contributed by atoms with Crippen LogP contribution in [0.2, 0.25) is 0 Å². The number of hydrogen-bond donors (Lipinski definition) is 3. The minimum absolute atomic E-state index is 0.240. The minimum atomic E-state index is 0.240. The highest BCUT2D eigenvalue weighted by atomic mass is 16.4. The normalized spacial score (nSPS) is 24.3. The Hall–Kier alpha value is -1.03. The Morgan fingerprint density at radius 2 is 2.50 bits per heavy atom. The van der Waals surface area contributed by atoms with Crippen LogP contribution in [0.15, 0.2) is 17.3 Å². The zero-order valence-electron chi connectivity index (χ0n) is 7.03. The van der Waals surface area contributed by atoms with Gasteiger partial charge in [-0.3, -0.25) is 0 Å². The lowest BCUT2D eigenvalue weighted by molar-refractivity contribution is 0.316. The summed E-state index contributed by atoms with van der Waals surface area (Å²) in [7, 11) is 0. The number of nitrogens with one attached hydrogen (secondary N) is 1. The van der Waals surface area contributed by atoms with Gasteiger partial charge in [0.1, 0.15) is 0 Å². The number of hydrogen-bond acceptors (Lipinski definition) is 3. The molecule has 0 aromatic heterocycles. The summed E-state index contributed by atoms with van der Waals surface area (Å²) >= 11 is 0. The predicted octanol–water partition coefficient (Wildman–Crippen LogP) is 0.431. The average Bonchev–Trinajstić information content (AvgIpc) is 2.16. The van der Waals surface area contributed by atoms with Crippen molar-refractivity contribution in [3.63, 3.8) is 0 Å². The fraction of sp³-hybridized carbons (Fsp3) is 0.625. The molecule has 1 aliphatic carbocycles. The van der Waals surface area contributed by atoms with E-state index in [-0.39, 0.29) is 5.84 Å². The Morgan fingerprint density at radius 1 is 1.67 bits per heavy atom. The molecule has 0 radical (unpaired) electrons. The second kappa shape index (κ2) is 4.77. The van der Waals surface area contributed by atoms with Gasteiger partial charge in [0, 0.05) is 6.04 Å². The van der Waals surface area contributed by atoms with Gasteiger partial charge in [0.05, 0.1) is 6.54 Å². The third-order valence-electron chi connectivity index (χ3n) is 1.97. The van der Waals surface area contributed by atoms with Crippen molar-refractivity contribution < 1.29 is 5.21 Å². The van der Waals surface area contributed by atoms with Crippen molar-refractivity contribution in [1.82, 2.24) is 5.32 Å². The maximum atomic E-state index is 8.27. The van der Waals surface area contributed by atoms with E-state index < -0.39 is 0 Å². The summed E-state index contributed by atoms with van der Waals surface area (Å²) in [5.41, 5.74) is 5.31. The lowest BCUT2D eigenvalue weighted by atomic mass is 10.0. The van der Waals surface area contributed by atoms with E-state index in [0.717, 1.165) is 19.3 Å². The second-order valence-corrected chi connectivity index (χ2v) is 2.95. The molecule has 68 valence electrons. The lowest BCUT2D eigenvalue weighted by Gasteiger charge is -2.18. The van der Waals surface area contributed by atoms with Crippen molar-refractivity contribution in [2.75, 3.05) is 6.54 Å². The van der Waals surface area contributed by atoms with Crippen LogP contribution in [0.5, 0.6) is 0 Å². The number of nitrogens with two attached hydrogens (primary N) is 1. The monoisotopic (exact) mass is 169 g/mol. The fourth-order valence-electron chi connectivity index (χ4n) is 1.26. The van der Waals surface area contributed by atoms with Crippen molar-refractivity contribution in [3.8, 4) is 0 Å². The van der Waals surface area contributed by atoms with Gasteiger partial charge in [-0.2, -0.15) is 0 Å². The lowest BCUT2D eigenvalue weighted by Crippen LogP contribution is -2.37. The third kappa shape index (κ3) is 2.92. The summed E-state index contributed by atoms with van der Waals surface area (Å²) in [6.45, 7) is 0.467. The van der Waals surface area contributed by atoms with Crippen molar-refractivity contribution >= 4 is 5.84 Å². The molecule has 4 N–H and O–H groups in total. The molecule has 0 amide bonds. The largest absolute Gasteiger partial charge is 0.409 e. The number of nitrogens with zero attached hydrogens (tertiary/aromatic N) is 1. The summed E-state index contributed by atoms with van der Waals surface area (Å²) in [6.07, 6.45) is 7.64. The molecule has 0 aromatic carbocycles. The van der Waals surface area contributed by atoms with E-state index in [0.29, 0.717) is 12.6 Å². The molecule has 1 rings (SSSR count). The van der Waals surface area contributed by atoms with Crippen LogP contribution in [0.25, 0.3) is 0 Å². The molecule has 12 heavy (non-hydrogen) atoms. The van der Waals surface area contributed by atoms with Gasteiger partial charge in [-0.05, 0) is 19.3 Å². The molecule has 0 aliphatic heterocycles. The Balaban J connectivity index is 2.18. The quantitative estimate of drug-likeness (QED) is 0.189. The van der Waals surface area contributed by atoms with Gasteiger partial charge < -0.3 is 16.3 Å². The van der Waals surface area contributed by atoms with Crippen LogP contribution in [0.4, 0.5) is 0 Å². The smallest absolute Gasteiger partial charge is 0.153 e. The van der Waals surface area contributed by atoms with Crippen molar-refractivity contribution in [2.45, 2.75) is 25.3 Å². The SMILES string of the molecule is NC(CNC1CC=CCC1)=NO. The van der Waals surface area contributed by atoms with Gasteiger partial charge in [-0.1, -0.05) is 17.3 Å². The first-order valence-electron chi connectivity index (χ1n) is 4.17. The van der Waals surface area contributed by atoms with Gasteiger partial charge in [-0.15, -0.1) is 0 Å². The minimum Gasteiger partial charge on any atom is -0.409 e. The van der Waals surface area contributed by atoms with Crippen LogP contribution < -0.4 is 11.1 Å². The highest BCUT2D eigenvalue weighted by Crippen LogP contribution is 2.09. The average molecular weight is 169 g/mol. The molecule has 0 saturated heterocycles. The van der Waals surface area contributed by atoms with Crippen LogP contribution in [0, 0.1) is 0 Å². The Labute approximate surface area is 72.1 Å². The molecular weight excluding hydrogens is 154 g/mol. The molecular formula is C8H15N3O. The van der Waals surface area contributed by atoms with Crippen molar-refractivity contribution in [3.05, 3.63) is 12.2 Å². The molecule has 0 heterocycles. The van der Waals surface area contributed by atoms with Gasteiger partial charge in [0.2, 0.25) is 0 Å². The second-order valence-electron chi connectivity index (χ2n) is 2.95. The Kier molecular flexibility index (Phi) is 3.60. The van der Waals surface area contributed by atoms with E-state index >= 15 is 0 Å². The van der Waals surface area contributed by atoms with Crippen molar-refractivity contribution in [1.29, 1.82) is 0 Å². The van der Waals surface area contributed by atoms with E-state index in [4.69, 9.17) is 10.9 Å². The first kappa shape index (κ1) is 9.06. The molecule has 0 spiro atoms. The molecule has 1 unspecified atom stereocenters. The highest BCUT2D eigenvalue weighted by molar-refractivity contribution is 5.81. The topological polar surface area (TPSA) is 70.6 Å². The number of rotatable bonds is 3. The van der Waals surface area contributed by atoms with E-state index in [9.17, 15) is 0 Å². The molecule has 0 bridgehead atoms. The van der Waals surface area contributed by atoms with Crippen molar-refractivity contribution in [2.24, 2.45) is 10.9 Å². The summed E-state index contributed by atoms with van der Waals surface area (Å²) in [6, 6.07) is 0.482. The number of amidine groups is 1. The van der Waals surface area contributed by atoms with Gasteiger partial charge in [0.15, 0.2) is 5.84 Å². The Morgan fingerprint density at radius 3 is 3.08 bits per heavy atom. The summed E-state index contributed by atoms with van der Waals surface area (Å²) in [4.78, 5) is 0.